The summed E-state index contributed by atoms with van der Waals surface area (Å²) in [6.07, 6.45) is 1.09. The summed E-state index contributed by atoms with van der Waals surface area (Å²) >= 11 is 0. The summed E-state index contributed by atoms with van der Waals surface area (Å²) in [6, 6.07) is 2.41. The van der Waals surface area contributed by atoms with Crippen molar-refractivity contribution in [2.75, 3.05) is 13.2 Å². The van der Waals surface area contributed by atoms with Gasteiger partial charge in [-0.15, -0.1) is 0 Å². The summed E-state index contributed by atoms with van der Waals surface area (Å²) in [5.41, 5.74) is 0.175. The van der Waals surface area contributed by atoms with Crippen LogP contribution >= 0.6 is 0 Å². The minimum Gasteiger partial charge on any atom is -0.465 e. The first-order valence-corrected chi connectivity index (χ1v) is 6.23. The van der Waals surface area contributed by atoms with Gasteiger partial charge in [0.15, 0.2) is 5.92 Å². The SMILES string of the molecule is CCOC(=O)C(C(=O)OCC)c1ccc(OC(F)F)nc1. The Morgan fingerprint density at radius 2 is 1.71 bits per heavy atom. The van der Waals surface area contributed by atoms with Gasteiger partial charge in [-0.2, -0.15) is 8.78 Å². The van der Waals surface area contributed by atoms with E-state index in [4.69, 9.17) is 9.47 Å². The average molecular weight is 303 g/mol. The highest BCUT2D eigenvalue weighted by molar-refractivity contribution is 6.00. The zero-order valence-corrected chi connectivity index (χ0v) is 11.5. The van der Waals surface area contributed by atoms with E-state index >= 15 is 0 Å². The molecule has 0 amide bonds. The number of hydrogen-bond acceptors (Lipinski definition) is 6. The van der Waals surface area contributed by atoms with Crippen LogP contribution in [0.4, 0.5) is 8.78 Å². The zero-order chi connectivity index (χ0) is 15.8. The maximum absolute atomic E-state index is 12.0. The van der Waals surface area contributed by atoms with Crippen LogP contribution in [0.3, 0.4) is 0 Å². The molecule has 1 aromatic heterocycles. The fourth-order valence-electron chi connectivity index (χ4n) is 1.54. The molecule has 116 valence electrons. The van der Waals surface area contributed by atoms with Crippen LogP contribution in [0.25, 0.3) is 0 Å². The normalized spacial score (nSPS) is 10.6. The van der Waals surface area contributed by atoms with Gasteiger partial charge in [-0.05, 0) is 19.4 Å². The monoisotopic (exact) mass is 303 g/mol. The van der Waals surface area contributed by atoms with Gasteiger partial charge < -0.3 is 14.2 Å². The number of pyridine rings is 1. The summed E-state index contributed by atoms with van der Waals surface area (Å²) in [7, 11) is 0. The molecule has 6 nitrogen and oxygen atoms in total. The maximum Gasteiger partial charge on any atom is 0.388 e. The molecule has 1 aromatic rings. The molecule has 1 rings (SSSR count). The van der Waals surface area contributed by atoms with Crippen LogP contribution in [-0.4, -0.2) is 36.7 Å². The first-order valence-electron chi connectivity index (χ1n) is 6.23. The second kappa shape index (κ2) is 8.13. The third-order valence-electron chi connectivity index (χ3n) is 2.35. The van der Waals surface area contributed by atoms with Crippen LogP contribution in [-0.2, 0) is 19.1 Å². The van der Waals surface area contributed by atoms with Crippen LogP contribution < -0.4 is 4.74 Å². The van der Waals surface area contributed by atoms with Gasteiger partial charge in [0, 0.05) is 12.3 Å². The van der Waals surface area contributed by atoms with Crippen molar-refractivity contribution >= 4 is 11.9 Å². The molecule has 0 N–H and O–H groups in total. The van der Waals surface area contributed by atoms with Gasteiger partial charge in [0.1, 0.15) is 0 Å². The van der Waals surface area contributed by atoms with E-state index < -0.39 is 24.5 Å². The Labute approximate surface area is 120 Å². The fraction of sp³-hybridized carbons (Fsp3) is 0.462. The molecular weight excluding hydrogens is 288 g/mol. The molecule has 0 atom stereocenters. The number of carbonyl (C=O) groups is 2. The number of nitrogens with zero attached hydrogens (tertiary/aromatic N) is 1. The van der Waals surface area contributed by atoms with E-state index in [1.54, 1.807) is 13.8 Å². The molecule has 0 aliphatic heterocycles. The summed E-state index contributed by atoms with van der Waals surface area (Å²) in [6.45, 7) is 0.369. The molecule has 0 unspecified atom stereocenters. The van der Waals surface area contributed by atoms with Crippen LogP contribution in [0.15, 0.2) is 18.3 Å². The van der Waals surface area contributed by atoms with Crippen molar-refractivity contribution in [1.82, 2.24) is 4.98 Å². The number of rotatable bonds is 7. The molecule has 0 aliphatic carbocycles. The number of carbonyl (C=O) groups excluding carboxylic acids is 2. The van der Waals surface area contributed by atoms with Crippen LogP contribution in [0.1, 0.15) is 25.3 Å². The van der Waals surface area contributed by atoms with Gasteiger partial charge in [-0.1, -0.05) is 6.07 Å². The number of alkyl halides is 2. The van der Waals surface area contributed by atoms with Crippen LogP contribution in [0.2, 0.25) is 0 Å². The molecule has 0 saturated carbocycles. The molecule has 8 heteroatoms. The van der Waals surface area contributed by atoms with E-state index in [1.807, 2.05) is 0 Å². The Bertz CT molecular complexity index is 460. The zero-order valence-electron chi connectivity index (χ0n) is 11.5. The van der Waals surface area contributed by atoms with Gasteiger partial charge in [0.2, 0.25) is 5.88 Å². The van der Waals surface area contributed by atoms with Crippen molar-refractivity contribution in [1.29, 1.82) is 0 Å². The molecular formula is C13H15F2NO5. The third-order valence-corrected chi connectivity index (χ3v) is 2.35. The van der Waals surface area contributed by atoms with Crippen molar-refractivity contribution in [3.05, 3.63) is 23.9 Å². The number of halogens is 2. The Balaban J connectivity index is 2.97. The lowest BCUT2D eigenvalue weighted by molar-refractivity contribution is -0.157. The predicted molar refractivity (Wildman–Crippen MR) is 66.9 cm³/mol. The highest BCUT2D eigenvalue weighted by Gasteiger charge is 2.31. The lowest BCUT2D eigenvalue weighted by Crippen LogP contribution is -2.26. The highest BCUT2D eigenvalue weighted by atomic mass is 19.3. The minimum atomic E-state index is -3.01. The second-order valence-electron chi connectivity index (χ2n) is 3.75. The molecule has 0 fully saturated rings. The molecule has 0 radical (unpaired) electrons. The third kappa shape index (κ3) is 4.97. The van der Waals surface area contributed by atoms with Crippen molar-refractivity contribution in [3.8, 4) is 5.88 Å². The van der Waals surface area contributed by atoms with Crippen LogP contribution in [0, 0.1) is 0 Å². The molecule has 0 aromatic carbocycles. The van der Waals surface area contributed by atoms with E-state index in [-0.39, 0.29) is 24.7 Å². The minimum absolute atomic E-state index is 0.0920. The summed E-state index contributed by atoms with van der Waals surface area (Å²) in [5, 5.41) is 0. The summed E-state index contributed by atoms with van der Waals surface area (Å²) in [4.78, 5) is 27.2. The van der Waals surface area contributed by atoms with E-state index in [9.17, 15) is 18.4 Å². The number of aromatic nitrogens is 1. The smallest absolute Gasteiger partial charge is 0.388 e. The molecule has 0 bridgehead atoms. The standard InChI is InChI=1S/C13H15F2NO5/c1-3-19-11(17)10(12(18)20-4-2)8-5-6-9(16-7-8)21-13(14)15/h5-7,10,13H,3-4H2,1-2H3. The quantitative estimate of drug-likeness (QED) is 0.565. The predicted octanol–water partition coefficient (Wildman–Crippen LogP) is 1.89. The molecule has 0 aliphatic rings. The Hall–Kier alpha value is -2.25. The number of esters is 2. The molecule has 1 heterocycles. The van der Waals surface area contributed by atoms with E-state index in [1.165, 1.54) is 6.07 Å². The van der Waals surface area contributed by atoms with E-state index in [2.05, 4.69) is 9.72 Å². The summed E-state index contributed by atoms with van der Waals surface area (Å²) < 4.78 is 37.7. The van der Waals surface area contributed by atoms with Crippen molar-refractivity contribution in [3.63, 3.8) is 0 Å². The molecule has 21 heavy (non-hydrogen) atoms. The van der Waals surface area contributed by atoms with Gasteiger partial charge >= 0.3 is 18.6 Å². The van der Waals surface area contributed by atoms with Crippen LogP contribution in [0.5, 0.6) is 5.88 Å². The second-order valence-corrected chi connectivity index (χ2v) is 3.75. The lowest BCUT2D eigenvalue weighted by Gasteiger charge is -2.14. The van der Waals surface area contributed by atoms with Gasteiger partial charge in [-0.25, -0.2) is 4.98 Å². The molecule has 0 saturated heterocycles. The summed E-state index contributed by atoms with van der Waals surface area (Å²) in [5.74, 6) is -3.21. The van der Waals surface area contributed by atoms with Gasteiger partial charge in [0.25, 0.3) is 0 Å². The van der Waals surface area contributed by atoms with Crippen molar-refractivity contribution < 1.29 is 32.6 Å². The average Bonchev–Trinajstić information content (AvgIpc) is 2.41. The van der Waals surface area contributed by atoms with Gasteiger partial charge in [0.05, 0.1) is 13.2 Å². The van der Waals surface area contributed by atoms with E-state index in [0.717, 1.165) is 12.3 Å². The highest BCUT2D eigenvalue weighted by Crippen LogP contribution is 2.21. The fourth-order valence-corrected chi connectivity index (χ4v) is 1.54. The van der Waals surface area contributed by atoms with Crippen molar-refractivity contribution in [2.24, 2.45) is 0 Å². The number of hydrogen-bond donors (Lipinski definition) is 0. The Kier molecular flexibility index (Phi) is 6.51. The largest absolute Gasteiger partial charge is 0.465 e. The Morgan fingerprint density at radius 3 is 2.10 bits per heavy atom. The lowest BCUT2D eigenvalue weighted by atomic mass is 10.0. The first kappa shape index (κ1) is 16.8. The van der Waals surface area contributed by atoms with Gasteiger partial charge in [-0.3, -0.25) is 9.59 Å². The first-order chi connectivity index (χ1) is 9.99. The molecule has 0 spiro atoms. The maximum atomic E-state index is 12.0. The van der Waals surface area contributed by atoms with E-state index in [0.29, 0.717) is 0 Å². The van der Waals surface area contributed by atoms with Crippen molar-refractivity contribution in [2.45, 2.75) is 26.4 Å². The Morgan fingerprint density at radius 1 is 1.14 bits per heavy atom. The number of ether oxygens (including phenoxy) is 3. The topological polar surface area (TPSA) is 74.7 Å².